The summed E-state index contributed by atoms with van der Waals surface area (Å²) in [6.07, 6.45) is 11.8. The fourth-order valence-electron chi connectivity index (χ4n) is 4.80. The Bertz CT molecular complexity index is 1010. The summed E-state index contributed by atoms with van der Waals surface area (Å²) in [5.41, 5.74) is 3.24. The van der Waals surface area contributed by atoms with Gasteiger partial charge in [0.25, 0.3) is 0 Å². The molecule has 7 heteroatoms. The summed E-state index contributed by atoms with van der Waals surface area (Å²) in [7, 11) is 1.73. The van der Waals surface area contributed by atoms with Crippen LogP contribution in [0.5, 0.6) is 5.75 Å². The van der Waals surface area contributed by atoms with E-state index in [2.05, 4.69) is 67.1 Å². The third kappa shape index (κ3) is 18.9. The van der Waals surface area contributed by atoms with Crippen LogP contribution in [0.2, 0.25) is 0 Å². The number of aromatic nitrogens is 1. The number of hydrogen-bond donors (Lipinski definition) is 1. The molecular formula is C39H66N2O5. The van der Waals surface area contributed by atoms with E-state index in [1.165, 1.54) is 24.0 Å². The molecule has 1 aromatic carbocycles. The van der Waals surface area contributed by atoms with E-state index in [1.807, 2.05) is 46.9 Å². The van der Waals surface area contributed by atoms with Gasteiger partial charge in [-0.15, -0.1) is 0 Å². The number of aliphatic hydroxyl groups is 1. The van der Waals surface area contributed by atoms with E-state index in [9.17, 15) is 5.11 Å². The molecule has 0 aliphatic carbocycles. The molecule has 0 amide bonds. The Morgan fingerprint density at radius 3 is 2.13 bits per heavy atom. The molecular weight excluding hydrogens is 576 g/mol. The highest BCUT2D eigenvalue weighted by Gasteiger charge is 2.15. The minimum atomic E-state index is -0.535. The maximum atomic E-state index is 9.34. The summed E-state index contributed by atoms with van der Waals surface area (Å²) in [4.78, 5) is 6.46. The second-order valence-electron chi connectivity index (χ2n) is 10.7. The number of benzene rings is 1. The SMILES string of the molecule is CC.CC.CC(O)c1ccc(OCCN2CCOCC2)cn1.CCc1ccc(CO/C=C/CC(/C=C(\C)OC)C(CC)CC)cc1. The van der Waals surface area contributed by atoms with Gasteiger partial charge in [0, 0.05) is 19.6 Å². The van der Waals surface area contributed by atoms with Gasteiger partial charge in [-0.25, -0.2) is 0 Å². The number of methoxy groups -OCH3 is 1. The normalized spacial score (nSPS) is 14.6. The first-order chi connectivity index (χ1) is 22.4. The van der Waals surface area contributed by atoms with Crippen LogP contribution in [-0.2, 0) is 27.2 Å². The molecule has 1 saturated heterocycles. The van der Waals surface area contributed by atoms with Crippen molar-refractivity contribution in [3.8, 4) is 5.75 Å². The van der Waals surface area contributed by atoms with Crippen LogP contribution in [0.25, 0.3) is 0 Å². The molecule has 0 radical (unpaired) electrons. The van der Waals surface area contributed by atoms with Crippen molar-refractivity contribution in [1.82, 2.24) is 9.88 Å². The molecule has 46 heavy (non-hydrogen) atoms. The fraction of sp³-hybridized carbons (Fsp3) is 0.615. The molecule has 2 aromatic rings. The molecule has 1 aliphatic heterocycles. The molecule has 1 aromatic heterocycles. The largest absolute Gasteiger partial charge is 0.502 e. The van der Waals surface area contributed by atoms with E-state index in [-0.39, 0.29) is 0 Å². The number of aliphatic hydroxyl groups excluding tert-OH is 1. The van der Waals surface area contributed by atoms with E-state index in [0.29, 0.717) is 30.7 Å². The van der Waals surface area contributed by atoms with Crippen molar-refractivity contribution in [2.45, 2.75) is 101 Å². The van der Waals surface area contributed by atoms with Crippen molar-refractivity contribution in [1.29, 1.82) is 0 Å². The predicted octanol–water partition coefficient (Wildman–Crippen LogP) is 9.17. The van der Waals surface area contributed by atoms with Crippen molar-refractivity contribution in [3.05, 3.63) is 83.6 Å². The summed E-state index contributed by atoms with van der Waals surface area (Å²) in [6.45, 7) is 24.2. The van der Waals surface area contributed by atoms with E-state index >= 15 is 0 Å². The van der Waals surface area contributed by atoms with Crippen molar-refractivity contribution < 1.29 is 24.1 Å². The molecule has 7 nitrogen and oxygen atoms in total. The van der Waals surface area contributed by atoms with Crippen LogP contribution in [-0.4, -0.2) is 61.6 Å². The van der Waals surface area contributed by atoms with Crippen molar-refractivity contribution >= 4 is 0 Å². The van der Waals surface area contributed by atoms with Crippen LogP contribution in [0.4, 0.5) is 0 Å². The summed E-state index contributed by atoms with van der Waals surface area (Å²) < 4.78 is 21.9. The quantitative estimate of drug-likeness (QED) is 0.183. The average Bonchev–Trinajstić information content (AvgIpc) is 3.11. The maximum Gasteiger partial charge on any atom is 0.137 e. The molecule has 262 valence electrons. The van der Waals surface area contributed by atoms with Crippen LogP contribution in [0.1, 0.15) is 105 Å². The highest BCUT2D eigenvalue weighted by Crippen LogP contribution is 2.26. The first-order valence-electron chi connectivity index (χ1n) is 17.5. The Hall–Kier alpha value is -2.87. The number of hydrogen-bond acceptors (Lipinski definition) is 7. The van der Waals surface area contributed by atoms with Gasteiger partial charge in [-0.3, -0.25) is 9.88 Å². The molecule has 2 unspecified atom stereocenters. The van der Waals surface area contributed by atoms with Gasteiger partial charge in [0.05, 0.1) is 50.3 Å². The Balaban J connectivity index is 0.000000817. The van der Waals surface area contributed by atoms with Gasteiger partial charge in [0.15, 0.2) is 0 Å². The van der Waals surface area contributed by atoms with Gasteiger partial charge in [-0.2, -0.15) is 0 Å². The van der Waals surface area contributed by atoms with Crippen LogP contribution < -0.4 is 4.74 Å². The zero-order valence-electron chi connectivity index (χ0n) is 30.8. The Morgan fingerprint density at radius 1 is 0.978 bits per heavy atom. The Morgan fingerprint density at radius 2 is 1.61 bits per heavy atom. The summed E-state index contributed by atoms with van der Waals surface area (Å²) in [6, 6.07) is 12.3. The lowest BCUT2D eigenvalue weighted by Crippen LogP contribution is -2.38. The third-order valence-electron chi connectivity index (χ3n) is 7.67. The van der Waals surface area contributed by atoms with E-state index in [1.54, 1.807) is 26.3 Å². The molecule has 1 aliphatic rings. The zero-order valence-corrected chi connectivity index (χ0v) is 30.8. The van der Waals surface area contributed by atoms with Crippen molar-refractivity contribution in [3.63, 3.8) is 0 Å². The fourth-order valence-corrected chi connectivity index (χ4v) is 4.80. The minimum Gasteiger partial charge on any atom is -0.502 e. The lowest BCUT2D eigenvalue weighted by molar-refractivity contribution is 0.0322. The van der Waals surface area contributed by atoms with E-state index < -0.39 is 6.10 Å². The summed E-state index contributed by atoms with van der Waals surface area (Å²) >= 11 is 0. The number of rotatable bonds is 16. The van der Waals surface area contributed by atoms with Crippen LogP contribution in [0.3, 0.4) is 0 Å². The summed E-state index contributed by atoms with van der Waals surface area (Å²) in [5, 5.41) is 9.34. The molecule has 2 heterocycles. The van der Waals surface area contributed by atoms with E-state index in [4.69, 9.17) is 18.9 Å². The topological polar surface area (TPSA) is 73.3 Å². The van der Waals surface area contributed by atoms with E-state index in [0.717, 1.165) is 57.2 Å². The second-order valence-corrected chi connectivity index (χ2v) is 10.7. The van der Waals surface area contributed by atoms with Gasteiger partial charge in [0.2, 0.25) is 0 Å². The Labute approximate surface area is 282 Å². The summed E-state index contributed by atoms with van der Waals surface area (Å²) in [5.74, 6) is 2.93. The van der Waals surface area contributed by atoms with Crippen molar-refractivity contribution in [2.75, 3.05) is 46.6 Å². The monoisotopic (exact) mass is 642 g/mol. The van der Waals surface area contributed by atoms with Gasteiger partial charge < -0.3 is 24.1 Å². The van der Waals surface area contributed by atoms with Crippen LogP contribution in [0.15, 0.2) is 66.8 Å². The van der Waals surface area contributed by atoms with Gasteiger partial charge in [-0.05, 0) is 73.9 Å². The zero-order chi connectivity index (χ0) is 34.6. The number of morpholine rings is 1. The molecule has 1 fully saturated rings. The smallest absolute Gasteiger partial charge is 0.137 e. The van der Waals surface area contributed by atoms with Crippen LogP contribution in [0, 0.1) is 11.8 Å². The van der Waals surface area contributed by atoms with Gasteiger partial charge in [-0.1, -0.05) is 85.6 Å². The number of allylic oxidation sites excluding steroid dienone is 3. The molecule has 2 atom stereocenters. The molecule has 0 spiro atoms. The number of pyridine rings is 1. The Kier molecular flexibility index (Phi) is 26.6. The standard InChI is InChI=1S/C22H34O2.C13H20N2O3.2C2H6/c1-6-19-11-13-20(14-12-19)17-24-15-9-10-22(16-18(4)23-5)21(7-2)8-3;1-11(16)13-3-2-12(10-14-13)18-9-6-15-4-7-17-8-5-15;2*1-2/h9,11-16,21-22H,6-8,10,17H2,1-5H3;2-3,10-11,16H,4-9H2,1H3;2*1-2H3/b15-9+,18-16+;;;. The average molecular weight is 643 g/mol. The van der Waals surface area contributed by atoms with Gasteiger partial charge in [0.1, 0.15) is 19.0 Å². The molecule has 1 N–H and O–H groups in total. The van der Waals surface area contributed by atoms with Crippen LogP contribution >= 0.6 is 0 Å². The highest BCUT2D eigenvalue weighted by molar-refractivity contribution is 5.22. The highest BCUT2D eigenvalue weighted by atomic mass is 16.5. The third-order valence-corrected chi connectivity index (χ3v) is 7.67. The first-order valence-corrected chi connectivity index (χ1v) is 17.5. The molecule has 0 bridgehead atoms. The lowest BCUT2D eigenvalue weighted by atomic mass is 9.85. The minimum absolute atomic E-state index is 0.503. The number of nitrogens with zero attached hydrogens (tertiary/aromatic N) is 2. The first kappa shape index (κ1) is 43.1. The van der Waals surface area contributed by atoms with Crippen molar-refractivity contribution in [2.24, 2.45) is 11.8 Å². The second kappa shape index (κ2) is 28.4. The number of ether oxygens (including phenoxy) is 4. The lowest BCUT2D eigenvalue weighted by Gasteiger charge is -2.26. The predicted molar refractivity (Wildman–Crippen MR) is 193 cm³/mol. The molecule has 3 rings (SSSR count). The van der Waals surface area contributed by atoms with Gasteiger partial charge >= 0.3 is 0 Å². The number of aryl methyl sites for hydroxylation is 1. The maximum absolute atomic E-state index is 9.34. The molecule has 0 saturated carbocycles.